The predicted octanol–water partition coefficient (Wildman–Crippen LogP) is 2.72. The lowest BCUT2D eigenvalue weighted by atomic mass is 9.95. The quantitative estimate of drug-likeness (QED) is 0.852. The Morgan fingerprint density at radius 2 is 1.91 bits per heavy atom. The van der Waals surface area contributed by atoms with E-state index in [-0.39, 0.29) is 36.7 Å². The van der Waals surface area contributed by atoms with Crippen LogP contribution in [0.4, 0.5) is 13.2 Å². The molecule has 1 aliphatic heterocycles. The summed E-state index contributed by atoms with van der Waals surface area (Å²) in [4.78, 5) is 13.8. The Bertz CT molecular complexity index is 754. The molecule has 0 N–H and O–H groups in total. The zero-order chi connectivity index (χ0) is 16.8. The fraction of sp³-hybridized carbons (Fsp3) is 0.375. The minimum Gasteiger partial charge on any atom is -0.334 e. The maximum atomic E-state index is 15.1. The molecule has 3 rings (SSSR count). The number of amides is 1. The number of hydrogen-bond donors (Lipinski definition) is 0. The summed E-state index contributed by atoms with van der Waals surface area (Å²) in [6, 6.07) is 2.65. The van der Waals surface area contributed by atoms with Gasteiger partial charge in [0.15, 0.2) is 11.4 Å². The third-order valence-electron chi connectivity index (χ3n) is 4.10. The molecule has 1 aromatic carbocycles. The number of nitrogens with zero attached hydrogens (tertiary/aromatic N) is 3. The molecule has 1 saturated heterocycles. The minimum absolute atomic E-state index is 0.00643. The molecule has 0 spiro atoms. The largest absolute Gasteiger partial charge is 0.334 e. The van der Waals surface area contributed by atoms with Crippen LogP contribution in [0.3, 0.4) is 0 Å². The molecule has 2 heterocycles. The predicted molar refractivity (Wildman–Crippen MR) is 77.6 cm³/mol. The highest BCUT2D eigenvalue weighted by Crippen LogP contribution is 2.37. The van der Waals surface area contributed by atoms with Crippen LogP contribution in [0.25, 0.3) is 0 Å². The molecular weight excluding hydrogens is 307 g/mol. The molecular formula is C16H16F3N3O. The van der Waals surface area contributed by atoms with Crippen LogP contribution in [0.15, 0.2) is 24.4 Å². The molecule has 1 aliphatic rings. The molecule has 1 amide bonds. The van der Waals surface area contributed by atoms with Gasteiger partial charge in [-0.15, -0.1) is 0 Å². The van der Waals surface area contributed by atoms with Crippen molar-refractivity contribution >= 4 is 5.91 Å². The maximum Gasteiger partial charge on any atom is 0.274 e. The topological polar surface area (TPSA) is 38.1 Å². The number of rotatable bonds is 2. The standard InChI is InChI=1S/C16H16F3N3O/c1-10-8-21(2)20-14(10)15(23)22-4-3-16(19,9-22)11-5-12(17)7-13(18)6-11/h5-8H,3-4,9H2,1-2H3/t16-/m0/s1. The van der Waals surface area contributed by atoms with Crippen molar-refractivity contribution in [3.63, 3.8) is 0 Å². The van der Waals surface area contributed by atoms with E-state index in [2.05, 4.69) is 5.10 Å². The Hall–Kier alpha value is -2.31. The van der Waals surface area contributed by atoms with Crippen LogP contribution in [0.2, 0.25) is 0 Å². The van der Waals surface area contributed by atoms with Crippen LogP contribution in [-0.2, 0) is 12.7 Å². The van der Waals surface area contributed by atoms with Crippen LogP contribution in [0.1, 0.15) is 28.0 Å². The number of benzene rings is 1. The van der Waals surface area contributed by atoms with Crippen LogP contribution >= 0.6 is 0 Å². The van der Waals surface area contributed by atoms with Crippen LogP contribution in [0.5, 0.6) is 0 Å². The van der Waals surface area contributed by atoms with E-state index < -0.39 is 17.3 Å². The fourth-order valence-electron chi connectivity index (χ4n) is 2.96. The summed E-state index contributed by atoms with van der Waals surface area (Å²) in [5.41, 5.74) is -1.07. The molecule has 1 aromatic heterocycles. The Balaban J connectivity index is 1.85. The summed E-state index contributed by atoms with van der Waals surface area (Å²) in [6.07, 6.45) is 1.70. The molecule has 0 aliphatic carbocycles. The number of carbonyl (C=O) groups is 1. The van der Waals surface area contributed by atoms with Gasteiger partial charge in [-0.2, -0.15) is 5.10 Å². The highest BCUT2D eigenvalue weighted by atomic mass is 19.1. The lowest BCUT2D eigenvalue weighted by Crippen LogP contribution is -2.33. The average Bonchev–Trinajstić information content (AvgIpc) is 3.01. The number of aryl methyl sites for hydroxylation is 2. The molecule has 2 aromatic rings. The van der Waals surface area contributed by atoms with E-state index in [9.17, 15) is 13.6 Å². The Kier molecular flexibility index (Phi) is 3.66. The molecule has 0 bridgehead atoms. The number of likely N-dealkylation sites (tertiary alicyclic amines) is 1. The molecule has 1 atom stereocenters. The Morgan fingerprint density at radius 1 is 1.26 bits per heavy atom. The molecule has 1 fully saturated rings. The van der Waals surface area contributed by atoms with Crippen molar-refractivity contribution in [2.75, 3.05) is 13.1 Å². The van der Waals surface area contributed by atoms with Gasteiger partial charge in [-0.3, -0.25) is 9.48 Å². The maximum absolute atomic E-state index is 15.1. The summed E-state index contributed by atoms with van der Waals surface area (Å²) >= 11 is 0. The molecule has 7 heteroatoms. The fourth-order valence-corrected chi connectivity index (χ4v) is 2.96. The van der Waals surface area contributed by atoms with Crippen molar-refractivity contribution in [2.45, 2.75) is 19.0 Å². The van der Waals surface area contributed by atoms with E-state index in [1.807, 2.05) is 0 Å². The zero-order valence-electron chi connectivity index (χ0n) is 12.8. The highest BCUT2D eigenvalue weighted by Gasteiger charge is 2.43. The van der Waals surface area contributed by atoms with Gasteiger partial charge in [0.2, 0.25) is 0 Å². The number of alkyl halides is 1. The summed E-state index contributed by atoms with van der Waals surface area (Å²) in [5.74, 6) is -2.04. The van der Waals surface area contributed by atoms with Gasteiger partial charge in [0, 0.05) is 37.8 Å². The first-order chi connectivity index (χ1) is 10.8. The van der Waals surface area contributed by atoms with Gasteiger partial charge in [-0.25, -0.2) is 13.2 Å². The number of aromatic nitrogens is 2. The van der Waals surface area contributed by atoms with Crippen LogP contribution < -0.4 is 0 Å². The Morgan fingerprint density at radius 3 is 2.48 bits per heavy atom. The number of hydrogen-bond acceptors (Lipinski definition) is 2. The molecule has 0 saturated carbocycles. The molecule has 4 nitrogen and oxygen atoms in total. The molecule has 0 unspecified atom stereocenters. The van der Waals surface area contributed by atoms with Crippen molar-refractivity contribution in [2.24, 2.45) is 7.05 Å². The SMILES string of the molecule is Cc1cn(C)nc1C(=O)N1CC[C@@](F)(c2cc(F)cc(F)c2)C1. The van der Waals surface area contributed by atoms with Gasteiger partial charge < -0.3 is 4.90 Å². The van der Waals surface area contributed by atoms with E-state index in [1.54, 1.807) is 20.2 Å². The van der Waals surface area contributed by atoms with Gasteiger partial charge in [-0.05, 0) is 24.6 Å². The Labute approximate surface area is 131 Å². The van der Waals surface area contributed by atoms with E-state index in [4.69, 9.17) is 0 Å². The van der Waals surface area contributed by atoms with E-state index >= 15 is 4.39 Å². The lowest BCUT2D eigenvalue weighted by molar-refractivity contribution is 0.0743. The van der Waals surface area contributed by atoms with E-state index in [1.165, 1.54) is 9.58 Å². The monoisotopic (exact) mass is 323 g/mol. The van der Waals surface area contributed by atoms with Crippen molar-refractivity contribution in [3.8, 4) is 0 Å². The summed E-state index contributed by atoms with van der Waals surface area (Å²) in [5, 5.41) is 4.09. The molecule has 23 heavy (non-hydrogen) atoms. The summed E-state index contributed by atoms with van der Waals surface area (Å²) < 4.78 is 43.3. The average molecular weight is 323 g/mol. The van der Waals surface area contributed by atoms with Gasteiger partial charge >= 0.3 is 0 Å². The number of halogens is 3. The van der Waals surface area contributed by atoms with E-state index in [0.29, 0.717) is 11.6 Å². The zero-order valence-corrected chi connectivity index (χ0v) is 12.8. The highest BCUT2D eigenvalue weighted by molar-refractivity contribution is 5.93. The minimum atomic E-state index is -1.96. The second-order valence-corrected chi connectivity index (χ2v) is 5.93. The van der Waals surface area contributed by atoms with Gasteiger partial charge in [0.1, 0.15) is 11.6 Å². The van der Waals surface area contributed by atoms with Crippen molar-refractivity contribution in [1.29, 1.82) is 0 Å². The lowest BCUT2D eigenvalue weighted by Gasteiger charge is -2.21. The summed E-state index contributed by atoms with van der Waals surface area (Å²) in [6.45, 7) is 1.68. The van der Waals surface area contributed by atoms with Crippen molar-refractivity contribution < 1.29 is 18.0 Å². The third kappa shape index (κ3) is 2.83. The van der Waals surface area contributed by atoms with Gasteiger partial charge in [0.25, 0.3) is 5.91 Å². The molecule has 0 radical (unpaired) electrons. The molecule has 122 valence electrons. The van der Waals surface area contributed by atoms with Gasteiger partial charge in [0.05, 0.1) is 6.54 Å². The first-order valence-corrected chi connectivity index (χ1v) is 7.23. The third-order valence-corrected chi connectivity index (χ3v) is 4.10. The van der Waals surface area contributed by atoms with Gasteiger partial charge in [-0.1, -0.05) is 0 Å². The smallest absolute Gasteiger partial charge is 0.274 e. The second kappa shape index (κ2) is 5.40. The normalized spacial score (nSPS) is 21.0. The van der Waals surface area contributed by atoms with Crippen LogP contribution in [-0.4, -0.2) is 33.7 Å². The first kappa shape index (κ1) is 15.6. The van der Waals surface area contributed by atoms with Crippen LogP contribution in [0, 0.1) is 18.6 Å². The summed E-state index contributed by atoms with van der Waals surface area (Å²) in [7, 11) is 1.70. The first-order valence-electron chi connectivity index (χ1n) is 7.23. The van der Waals surface area contributed by atoms with Crippen molar-refractivity contribution in [3.05, 3.63) is 52.9 Å². The number of carbonyl (C=O) groups excluding carboxylic acids is 1. The van der Waals surface area contributed by atoms with Crippen molar-refractivity contribution in [1.82, 2.24) is 14.7 Å². The second-order valence-electron chi connectivity index (χ2n) is 5.93. The van der Waals surface area contributed by atoms with E-state index in [0.717, 1.165) is 12.1 Å².